The standard InChI is InChI=1S/C24H25N5O2S/c30-29(31)19-11-6-10-18(16-19)27-15-7-13-21(27)23-22(20-12-4-5-14-25-20)26-24(32)28(23)17-8-2-1-3-9-17/h4-7,10-17,22-23H,1-3,8-9H2,(H,26,32)/t22-,23-/m1/s1. The molecular formula is C24H25N5O2S. The van der Waals surface area contributed by atoms with Crippen molar-refractivity contribution < 1.29 is 4.92 Å². The van der Waals surface area contributed by atoms with Crippen molar-refractivity contribution in [2.45, 2.75) is 50.2 Å². The first-order valence-electron chi connectivity index (χ1n) is 11.1. The Labute approximate surface area is 192 Å². The molecule has 0 amide bonds. The van der Waals surface area contributed by atoms with Gasteiger partial charge in [-0.15, -0.1) is 0 Å². The molecule has 1 aliphatic carbocycles. The van der Waals surface area contributed by atoms with Gasteiger partial charge in [-0.1, -0.05) is 31.4 Å². The Balaban J connectivity index is 1.61. The Bertz CT molecular complexity index is 1130. The van der Waals surface area contributed by atoms with E-state index in [2.05, 4.69) is 21.3 Å². The Morgan fingerprint density at radius 2 is 1.91 bits per heavy atom. The summed E-state index contributed by atoms with van der Waals surface area (Å²) in [5, 5.41) is 15.6. The molecule has 2 fully saturated rings. The molecule has 0 radical (unpaired) electrons. The Morgan fingerprint density at radius 3 is 2.66 bits per heavy atom. The first-order valence-corrected chi connectivity index (χ1v) is 11.5. The van der Waals surface area contributed by atoms with E-state index in [1.54, 1.807) is 18.3 Å². The van der Waals surface area contributed by atoms with E-state index in [1.807, 2.05) is 41.1 Å². The van der Waals surface area contributed by atoms with E-state index in [-0.39, 0.29) is 22.7 Å². The molecule has 2 atom stereocenters. The molecule has 1 aliphatic heterocycles. The number of pyridine rings is 1. The Morgan fingerprint density at radius 1 is 1.06 bits per heavy atom. The second-order valence-electron chi connectivity index (χ2n) is 8.41. The maximum Gasteiger partial charge on any atom is 0.271 e. The van der Waals surface area contributed by atoms with Gasteiger partial charge in [0.05, 0.1) is 28.4 Å². The largest absolute Gasteiger partial charge is 0.352 e. The van der Waals surface area contributed by atoms with Crippen LogP contribution in [0.2, 0.25) is 0 Å². The van der Waals surface area contributed by atoms with E-state index in [9.17, 15) is 10.1 Å². The van der Waals surface area contributed by atoms with Gasteiger partial charge in [-0.25, -0.2) is 0 Å². The molecular weight excluding hydrogens is 422 g/mol. The average Bonchev–Trinajstić information content (AvgIpc) is 3.44. The molecule has 0 bridgehead atoms. The summed E-state index contributed by atoms with van der Waals surface area (Å²) < 4.78 is 2.04. The molecule has 5 rings (SSSR count). The summed E-state index contributed by atoms with van der Waals surface area (Å²) in [6, 6.07) is 17.0. The van der Waals surface area contributed by atoms with Crippen LogP contribution in [0.3, 0.4) is 0 Å². The minimum Gasteiger partial charge on any atom is -0.352 e. The van der Waals surface area contributed by atoms with Gasteiger partial charge >= 0.3 is 0 Å². The average molecular weight is 448 g/mol. The number of nitro benzene ring substituents is 1. The quantitative estimate of drug-likeness (QED) is 0.334. The number of rotatable bonds is 5. The zero-order valence-electron chi connectivity index (χ0n) is 17.6. The van der Waals surface area contributed by atoms with Gasteiger partial charge in [0.25, 0.3) is 5.69 Å². The lowest BCUT2D eigenvalue weighted by Gasteiger charge is -2.37. The summed E-state index contributed by atoms with van der Waals surface area (Å²) in [7, 11) is 0. The highest BCUT2D eigenvalue weighted by Gasteiger charge is 2.44. The van der Waals surface area contributed by atoms with Crippen LogP contribution in [-0.2, 0) is 0 Å². The molecule has 0 unspecified atom stereocenters. The van der Waals surface area contributed by atoms with Crippen LogP contribution >= 0.6 is 12.2 Å². The van der Waals surface area contributed by atoms with E-state index in [0.717, 1.165) is 35.0 Å². The maximum atomic E-state index is 11.4. The van der Waals surface area contributed by atoms with Crippen LogP contribution < -0.4 is 5.32 Å². The predicted octanol–water partition coefficient (Wildman–Crippen LogP) is 5.09. The Kier molecular flexibility index (Phi) is 5.61. The van der Waals surface area contributed by atoms with Crippen molar-refractivity contribution in [1.82, 2.24) is 19.8 Å². The molecule has 7 nitrogen and oxygen atoms in total. The van der Waals surface area contributed by atoms with Crippen LogP contribution in [-0.4, -0.2) is 30.5 Å². The first kappa shape index (κ1) is 20.6. The topological polar surface area (TPSA) is 76.2 Å². The van der Waals surface area contributed by atoms with Crippen LogP contribution in [0.4, 0.5) is 5.69 Å². The summed E-state index contributed by atoms with van der Waals surface area (Å²) >= 11 is 5.85. The highest BCUT2D eigenvalue weighted by molar-refractivity contribution is 7.80. The highest BCUT2D eigenvalue weighted by atomic mass is 32.1. The summed E-state index contributed by atoms with van der Waals surface area (Å²) in [4.78, 5) is 18.0. The number of hydrogen-bond acceptors (Lipinski definition) is 4. The molecule has 1 N–H and O–H groups in total. The monoisotopic (exact) mass is 447 g/mol. The fourth-order valence-corrected chi connectivity index (χ4v) is 5.45. The second kappa shape index (κ2) is 8.70. The van der Waals surface area contributed by atoms with Crippen molar-refractivity contribution >= 4 is 23.0 Å². The van der Waals surface area contributed by atoms with Crippen molar-refractivity contribution in [3.05, 3.63) is 88.5 Å². The number of benzene rings is 1. The van der Waals surface area contributed by atoms with E-state index in [1.165, 1.54) is 25.3 Å². The lowest BCUT2D eigenvalue weighted by atomic mass is 9.92. The molecule has 1 saturated carbocycles. The van der Waals surface area contributed by atoms with Gasteiger partial charge in [0.1, 0.15) is 0 Å². The molecule has 2 aliphatic rings. The SMILES string of the molecule is O=[N+]([O-])c1cccc(-n2cccc2[C@@H]2[C@@H](c3ccccn3)NC(=S)N2C2CCCCC2)c1. The highest BCUT2D eigenvalue weighted by Crippen LogP contribution is 2.43. The molecule has 32 heavy (non-hydrogen) atoms. The third kappa shape index (κ3) is 3.75. The molecule has 0 spiro atoms. The smallest absolute Gasteiger partial charge is 0.271 e. The normalized spacial score (nSPS) is 21.5. The van der Waals surface area contributed by atoms with E-state index < -0.39 is 0 Å². The van der Waals surface area contributed by atoms with Crippen LogP contribution in [0.15, 0.2) is 67.0 Å². The number of nitrogens with zero attached hydrogens (tertiary/aromatic N) is 4. The maximum absolute atomic E-state index is 11.4. The number of hydrogen-bond donors (Lipinski definition) is 1. The molecule has 164 valence electrons. The summed E-state index contributed by atoms with van der Waals surface area (Å²) in [6.07, 6.45) is 9.68. The van der Waals surface area contributed by atoms with Gasteiger partial charge in [0.2, 0.25) is 0 Å². The van der Waals surface area contributed by atoms with Crippen LogP contribution in [0.1, 0.15) is 55.6 Å². The minimum atomic E-state index is -0.357. The summed E-state index contributed by atoms with van der Waals surface area (Å²) in [5.74, 6) is 0. The van der Waals surface area contributed by atoms with Crippen molar-refractivity contribution in [1.29, 1.82) is 0 Å². The molecule has 1 saturated heterocycles. The zero-order chi connectivity index (χ0) is 22.1. The van der Waals surface area contributed by atoms with Gasteiger partial charge in [-0.05, 0) is 55.4 Å². The van der Waals surface area contributed by atoms with E-state index in [4.69, 9.17) is 12.2 Å². The van der Waals surface area contributed by atoms with Crippen molar-refractivity contribution in [3.8, 4) is 5.69 Å². The van der Waals surface area contributed by atoms with Gasteiger partial charge in [-0.3, -0.25) is 15.1 Å². The fraction of sp³-hybridized carbons (Fsp3) is 0.333. The zero-order valence-corrected chi connectivity index (χ0v) is 18.4. The first-order chi connectivity index (χ1) is 15.6. The molecule has 1 aromatic carbocycles. The van der Waals surface area contributed by atoms with Gasteiger partial charge in [0, 0.05) is 36.3 Å². The number of thiocarbonyl (C=S) groups is 1. The lowest BCUT2D eigenvalue weighted by Crippen LogP contribution is -2.40. The van der Waals surface area contributed by atoms with Crippen molar-refractivity contribution in [3.63, 3.8) is 0 Å². The molecule has 2 aromatic heterocycles. The van der Waals surface area contributed by atoms with Crippen LogP contribution in [0.25, 0.3) is 5.69 Å². The number of nitrogens with one attached hydrogen (secondary N) is 1. The molecule has 8 heteroatoms. The third-order valence-electron chi connectivity index (χ3n) is 6.51. The summed E-state index contributed by atoms with van der Waals surface area (Å²) in [5.41, 5.74) is 2.82. The van der Waals surface area contributed by atoms with E-state index >= 15 is 0 Å². The summed E-state index contributed by atoms with van der Waals surface area (Å²) in [6.45, 7) is 0. The minimum absolute atomic E-state index is 0.0604. The van der Waals surface area contributed by atoms with Gasteiger partial charge in [-0.2, -0.15) is 0 Å². The van der Waals surface area contributed by atoms with Gasteiger partial charge < -0.3 is 14.8 Å². The predicted molar refractivity (Wildman–Crippen MR) is 127 cm³/mol. The van der Waals surface area contributed by atoms with Crippen molar-refractivity contribution in [2.75, 3.05) is 0 Å². The third-order valence-corrected chi connectivity index (χ3v) is 6.83. The van der Waals surface area contributed by atoms with Gasteiger partial charge in [0.15, 0.2) is 5.11 Å². The van der Waals surface area contributed by atoms with E-state index in [0.29, 0.717) is 6.04 Å². The van der Waals surface area contributed by atoms with Crippen molar-refractivity contribution in [2.24, 2.45) is 0 Å². The number of non-ortho nitro benzene ring substituents is 1. The number of aromatic nitrogens is 2. The van der Waals surface area contributed by atoms with Crippen LogP contribution in [0.5, 0.6) is 0 Å². The fourth-order valence-electron chi connectivity index (χ4n) is 5.06. The second-order valence-corrected chi connectivity index (χ2v) is 8.79. The molecule has 3 aromatic rings. The lowest BCUT2D eigenvalue weighted by molar-refractivity contribution is -0.384. The number of nitro groups is 1. The Hall–Kier alpha value is -3.26. The van der Waals surface area contributed by atoms with Crippen LogP contribution in [0, 0.1) is 10.1 Å². The molecule has 3 heterocycles.